The Kier molecular flexibility index (Phi) is 7.02. The second-order valence-corrected chi connectivity index (χ2v) is 8.91. The second-order valence-electron chi connectivity index (χ2n) is 8.50. The molecule has 1 aliphatic heterocycles. The van der Waals surface area contributed by atoms with Gasteiger partial charge >= 0.3 is 0 Å². The number of halogens is 1. The molecule has 4 rings (SSSR count). The minimum atomic E-state index is 0.327. The van der Waals surface area contributed by atoms with Crippen molar-refractivity contribution in [1.29, 1.82) is 0 Å². The van der Waals surface area contributed by atoms with Gasteiger partial charge in [-0.3, -0.25) is 4.98 Å². The zero-order chi connectivity index (χ0) is 20.9. The first kappa shape index (κ1) is 21.3. The molecule has 162 valence electrons. The molecule has 2 fully saturated rings. The monoisotopic (exact) mass is 430 g/mol. The van der Waals surface area contributed by atoms with Crippen molar-refractivity contribution in [3.8, 4) is 11.3 Å². The lowest BCUT2D eigenvalue weighted by molar-refractivity contribution is 0.0685. The van der Waals surface area contributed by atoms with Gasteiger partial charge in [0.1, 0.15) is 11.6 Å². The van der Waals surface area contributed by atoms with E-state index in [1.807, 2.05) is 12.3 Å². The lowest BCUT2D eigenvalue weighted by Gasteiger charge is -2.28. The molecular formula is C22H31ClN6O. The maximum atomic E-state index is 6.48. The van der Waals surface area contributed by atoms with Crippen LogP contribution in [0.25, 0.3) is 11.3 Å². The summed E-state index contributed by atoms with van der Waals surface area (Å²) < 4.78 is 5.47. The van der Waals surface area contributed by atoms with Crippen LogP contribution in [0.3, 0.4) is 0 Å². The first-order valence-corrected chi connectivity index (χ1v) is 11.2. The molecule has 2 aromatic heterocycles. The van der Waals surface area contributed by atoms with E-state index < -0.39 is 0 Å². The van der Waals surface area contributed by atoms with Gasteiger partial charge in [0.15, 0.2) is 0 Å². The quantitative estimate of drug-likeness (QED) is 0.721. The maximum Gasteiger partial charge on any atom is 0.147 e. The van der Waals surface area contributed by atoms with E-state index in [-0.39, 0.29) is 0 Å². The summed E-state index contributed by atoms with van der Waals surface area (Å²) in [6.45, 7) is 2.64. The topological polar surface area (TPSA) is 89.2 Å². The number of hydrogen-bond acceptors (Lipinski definition) is 7. The Balaban J connectivity index is 1.48. The van der Waals surface area contributed by atoms with Crippen molar-refractivity contribution in [1.82, 2.24) is 15.0 Å². The van der Waals surface area contributed by atoms with Gasteiger partial charge < -0.3 is 20.7 Å². The number of pyridine rings is 1. The van der Waals surface area contributed by atoms with Gasteiger partial charge in [0.05, 0.1) is 23.1 Å². The number of nitrogens with one attached hydrogen (secondary N) is 1. The molecule has 0 atom stereocenters. The maximum absolute atomic E-state index is 6.48. The van der Waals surface area contributed by atoms with Crippen LogP contribution in [-0.4, -0.2) is 53.8 Å². The molecule has 1 aliphatic carbocycles. The molecule has 7 nitrogen and oxygen atoms in total. The molecule has 0 unspecified atom stereocenters. The van der Waals surface area contributed by atoms with E-state index in [2.05, 4.69) is 27.2 Å². The number of nitrogens with two attached hydrogens (primary N) is 1. The molecular weight excluding hydrogens is 400 g/mol. The number of anilines is 2. The van der Waals surface area contributed by atoms with Gasteiger partial charge in [0, 0.05) is 50.7 Å². The first-order valence-electron chi connectivity index (χ1n) is 10.9. The summed E-state index contributed by atoms with van der Waals surface area (Å²) in [6, 6.07) is 2.70. The summed E-state index contributed by atoms with van der Waals surface area (Å²) in [5, 5.41) is 4.11. The molecule has 1 saturated carbocycles. The minimum absolute atomic E-state index is 0.327. The Labute approximate surface area is 183 Å². The average molecular weight is 431 g/mol. The molecule has 0 amide bonds. The van der Waals surface area contributed by atoms with E-state index in [0.717, 1.165) is 81.2 Å². The van der Waals surface area contributed by atoms with E-state index in [1.165, 1.54) is 0 Å². The van der Waals surface area contributed by atoms with Gasteiger partial charge in [0.2, 0.25) is 0 Å². The number of ether oxygens (including phenoxy) is 1. The van der Waals surface area contributed by atoms with E-state index in [9.17, 15) is 0 Å². The first-order chi connectivity index (χ1) is 14.6. The van der Waals surface area contributed by atoms with Gasteiger partial charge in [-0.2, -0.15) is 0 Å². The third kappa shape index (κ3) is 5.39. The third-order valence-electron chi connectivity index (χ3n) is 6.14. The van der Waals surface area contributed by atoms with Crippen LogP contribution < -0.4 is 16.0 Å². The van der Waals surface area contributed by atoms with Crippen LogP contribution in [0.15, 0.2) is 24.7 Å². The molecule has 0 aromatic carbocycles. The molecule has 30 heavy (non-hydrogen) atoms. The molecule has 0 bridgehead atoms. The van der Waals surface area contributed by atoms with E-state index >= 15 is 0 Å². The van der Waals surface area contributed by atoms with Gasteiger partial charge in [0.25, 0.3) is 0 Å². The van der Waals surface area contributed by atoms with Crippen LogP contribution in [0.2, 0.25) is 5.02 Å². The molecule has 2 aromatic rings. The van der Waals surface area contributed by atoms with Crippen LogP contribution in [0.1, 0.15) is 38.5 Å². The van der Waals surface area contributed by atoms with Gasteiger partial charge in [-0.25, -0.2) is 9.97 Å². The number of nitrogens with zero attached hydrogens (tertiary/aromatic N) is 4. The predicted molar refractivity (Wildman–Crippen MR) is 121 cm³/mol. The summed E-state index contributed by atoms with van der Waals surface area (Å²) in [5.41, 5.74) is 7.62. The van der Waals surface area contributed by atoms with Crippen LogP contribution in [0.5, 0.6) is 0 Å². The lowest BCUT2D eigenvalue weighted by atomic mass is 9.92. The van der Waals surface area contributed by atoms with Crippen molar-refractivity contribution in [3.63, 3.8) is 0 Å². The van der Waals surface area contributed by atoms with E-state index in [0.29, 0.717) is 23.0 Å². The smallest absolute Gasteiger partial charge is 0.147 e. The van der Waals surface area contributed by atoms with Gasteiger partial charge in [-0.05, 0) is 50.5 Å². The van der Waals surface area contributed by atoms with Crippen molar-refractivity contribution in [2.24, 2.45) is 11.7 Å². The van der Waals surface area contributed by atoms with Crippen LogP contribution in [0, 0.1) is 5.92 Å². The molecule has 1 saturated heterocycles. The highest BCUT2D eigenvalue weighted by atomic mass is 35.5. The average Bonchev–Trinajstić information content (AvgIpc) is 2.77. The highest BCUT2D eigenvalue weighted by molar-refractivity contribution is 6.33. The highest BCUT2D eigenvalue weighted by Gasteiger charge is 2.20. The van der Waals surface area contributed by atoms with Crippen molar-refractivity contribution in [2.45, 2.75) is 50.6 Å². The summed E-state index contributed by atoms with van der Waals surface area (Å²) in [4.78, 5) is 15.9. The Hall–Kier alpha value is -1.96. The molecule has 2 aliphatic rings. The Morgan fingerprint density at radius 2 is 1.90 bits per heavy atom. The SMILES string of the molecule is CN(CC1CCOCC1)c1cncc(-c2cc(N[C@H]3CC[C@H](N)CC3)ncc2Cl)n1. The Bertz CT molecular complexity index is 836. The van der Waals surface area contributed by atoms with Crippen molar-refractivity contribution in [2.75, 3.05) is 37.0 Å². The van der Waals surface area contributed by atoms with Crippen molar-refractivity contribution < 1.29 is 4.74 Å². The number of hydrogen-bond donors (Lipinski definition) is 2. The normalized spacial score (nSPS) is 22.6. The summed E-state index contributed by atoms with van der Waals surface area (Å²) in [6.07, 6.45) is 11.7. The summed E-state index contributed by atoms with van der Waals surface area (Å²) in [5.74, 6) is 2.29. The summed E-state index contributed by atoms with van der Waals surface area (Å²) >= 11 is 6.48. The van der Waals surface area contributed by atoms with Crippen LogP contribution in [0.4, 0.5) is 11.6 Å². The molecule has 0 radical (unpaired) electrons. The second kappa shape index (κ2) is 9.90. The van der Waals surface area contributed by atoms with Crippen molar-refractivity contribution >= 4 is 23.2 Å². The van der Waals surface area contributed by atoms with Crippen LogP contribution >= 0.6 is 11.6 Å². The number of aromatic nitrogens is 3. The lowest BCUT2D eigenvalue weighted by Crippen LogP contribution is -2.33. The predicted octanol–water partition coefficient (Wildman–Crippen LogP) is 3.74. The molecule has 3 N–H and O–H groups in total. The molecule has 8 heteroatoms. The standard InChI is InChI=1S/C22H31ClN6O/c1-29(14-15-6-8-30-9-7-15)22-13-25-12-20(28-22)18-10-21(26-11-19(18)23)27-17-4-2-16(24)3-5-17/h10-13,15-17H,2-9,14,24H2,1H3,(H,26,27)/t16-,17-. The fourth-order valence-corrected chi connectivity index (χ4v) is 4.47. The largest absolute Gasteiger partial charge is 0.381 e. The van der Waals surface area contributed by atoms with Gasteiger partial charge in [-0.1, -0.05) is 11.6 Å². The van der Waals surface area contributed by atoms with E-state index in [4.69, 9.17) is 27.1 Å². The van der Waals surface area contributed by atoms with Crippen LogP contribution in [-0.2, 0) is 4.74 Å². The molecule has 0 spiro atoms. The van der Waals surface area contributed by atoms with E-state index in [1.54, 1.807) is 12.4 Å². The summed E-state index contributed by atoms with van der Waals surface area (Å²) in [7, 11) is 2.07. The zero-order valence-electron chi connectivity index (χ0n) is 17.6. The highest BCUT2D eigenvalue weighted by Crippen LogP contribution is 2.30. The number of rotatable bonds is 6. The zero-order valence-corrected chi connectivity index (χ0v) is 18.3. The molecule has 3 heterocycles. The Morgan fingerprint density at radius 3 is 2.67 bits per heavy atom. The fraction of sp³-hybridized carbons (Fsp3) is 0.591. The fourth-order valence-electron chi connectivity index (χ4n) is 4.27. The Morgan fingerprint density at radius 1 is 1.13 bits per heavy atom. The van der Waals surface area contributed by atoms with Gasteiger partial charge in [-0.15, -0.1) is 0 Å². The third-order valence-corrected chi connectivity index (χ3v) is 6.44. The minimum Gasteiger partial charge on any atom is -0.381 e. The van der Waals surface area contributed by atoms with Crippen molar-refractivity contribution in [3.05, 3.63) is 29.7 Å².